The Bertz CT molecular complexity index is 536. The molecule has 0 spiro atoms. The number of benzene rings is 2. The lowest BCUT2D eigenvalue weighted by molar-refractivity contribution is 0.549. The van der Waals surface area contributed by atoms with Gasteiger partial charge in [-0.05, 0) is 43.1 Å². The fraction of sp³-hybridized carbons (Fsp3) is 0.294. The largest absolute Gasteiger partial charge is 0.310 e. The van der Waals surface area contributed by atoms with Crippen LogP contribution < -0.4 is 5.32 Å². The molecule has 0 amide bonds. The van der Waals surface area contributed by atoms with Crippen LogP contribution in [0.25, 0.3) is 0 Å². The van der Waals surface area contributed by atoms with Crippen molar-refractivity contribution >= 4 is 15.9 Å². The van der Waals surface area contributed by atoms with Gasteiger partial charge in [0.15, 0.2) is 0 Å². The Morgan fingerprint density at radius 3 is 2.58 bits per heavy atom. The number of aryl methyl sites for hydroxylation is 1. The molecule has 1 nitrogen and oxygen atoms in total. The molecule has 0 heterocycles. The Morgan fingerprint density at radius 2 is 1.89 bits per heavy atom. The van der Waals surface area contributed by atoms with Crippen molar-refractivity contribution in [3.05, 3.63) is 69.7 Å². The average molecular weight is 318 g/mol. The summed E-state index contributed by atoms with van der Waals surface area (Å²) in [6, 6.07) is 17.7. The number of hydrogen-bond acceptors (Lipinski definition) is 1. The van der Waals surface area contributed by atoms with Gasteiger partial charge in [-0.2, -0.15) is 0 Å². The van der Waals surface area contributed by atoms with Gasteiger partial charge in [0.2, 0.25) is 0 Å². The Hall–Kier alpha value is -1.12. The molecule has 100 valence electrons. The predicted octanol–water partition coefficient (Wildman–Crippen LogP) is 4.65. The SMILES string of the molecule is CCNC(Cc1cccc(C)c1)c1cccc(Br)c1. The molecule has 0 saturated carbocycles. The van der Waals surface area contributed by atoms with Gasteiger partial charge in [-0.1, -0.05) is 64.8 Å². The van der Waals surface area contributed by atoms with Crippen LogP contribution in [0.4, 0.5) is 0 Å². The summed E-state index contributed by atoms with van der Waals surface area (Å²) in [7, 11) is 0. The van der Waals surface area contributed by atoms with E-state index in [4.69, 9.17) is 0 Å². The molecule has 0 aliphatic heterocycles. The van der Waals surface area contributed by atoms with Gasteiger partial charge in [0.05, 0.1) is 0 Å². The van der Waals surface area contributed by atoms with Gasteiger partial charge in [-0.3, -0.25) is 0 Å². The summed E-state index contributed by atoms with van der Waals surface area (Å²) < 4.78 is 1.14. The van der Waals surface area contributed by atoms with Crippen molar-refractivity contribution < 1.29 is 0 Å². The van der Waals surface area contributed by atoms with E-state index in [2.05, 4.69) is 83.6 Å². The van der Waals surface area contributed by atoms with Crippen LogP contribution in [0.2, 0.25) is 0 Å². The van der Waals surface area contributed by atoms with Crippen LogP contribution in [0.3, 0.4) is 0 Å². The normalized spacial score (nSPS) is 12.4. The van der Waals surface area contributed by atoms with E-state index in [-0.39, 0.29) is 0 Å². The smallest absolute Gasteiger partial charge is 0.0361 e. The number of rotatable bonds is 5. The van der Waals surface area contributed by atoms with Crippen LogP contribution in [-0.2, 0) is 6.42 Å². The van der Waals surface area contributed by atoms with E-state index in [1.165, 1.54) is 16.7 Å². The molecular weight excluding hydrogens is 298 g/mol. The molecule has 0 fully saturated rings. The summed E-state index contributed by atoms with van der Waals surface area (Å²) in [6.07, 6.45) is 1.02. The molecule has 0 aliphatic rings. The van der Waals surface area contributed by atoms with E-state index in [9.17, 15) is 0 Å². The topological polar surface area (TPSA) is 12.0 Å². The molecule has 2 aromatic rings. The Morgan fingerprint density at radius 1 is 1.11 bits per heavy atom. The quantitative estimate of drug-likeness (QED) is 0.846. The standard InChI is InChI=1S/C17H20BrN/c1-3-19-17(15-8-5-9-16(18)12-15)11-14-7-4-6-13(2)10-14/h4-10,12,17,19H,3,11H2,1-2H3. The van der Waals surface area contributed by atoms with Gasteiger partial charge in [-0.25, -0.2) is 0 Å². The zero-order chi connectivity index (χ0) is 13.7. The highest BCUT2D eigenvalue weighted by Gasteiger charge is 2.11. The van der Waals surface area contributed by atoms with Crippen LogP contribution in [-0.4, -0.2) is 6.54 Å². The first-order valence-electron chi connectivity index (χ1n) is 6.73. The van der Waals surface area contributed by atoms with Crippen molar-refractivity contribution in [3.8, 4) is 0 Å². The molecule has 1 N–H and O–H groups in total. The van der Waals surface area contributed by atoms with E-state index >= 15 is 0 Å². The minimum atomic E-state index is 0.365. The Balaban J connectivity index is 2.21. The third-order valence-corrected chi connectivity index (χ3v) is 3.72. The van der Waals surface area contributed by atoms with Gasteiger partial charge >= 0.3 is 0 Å². The lowest BCUT2D eigenvalue weighted by Crippen LogP contribution is -2.23. The first kappa shape index (κ1) is 14.3. The fourth-order valence-corrected chi connectivity index (χ4v) is 2.77. The zero-order valence-electron chi connectivity index (χ0n) is 11.5. The summed E-state index contributed by atoms with van der Waals surface area (Å²) in [5.41, 5.74) is 4.03. The Labute approximate surface area is 124 Å². The van der Waals surface area contributed by atoms with Crippen LogP contribution in [0.15, 0.2) is 53.0 Å². The summed E-state index contributed by atoms with van der Waals surface area (Å²) in [6.45, 7) is 5.27. The zero-order valence-corrected chi connectivity index (χ0v) is 13.1. The molecule has 0 bridgehead atoms. The molecule has 2 rings (SSSR count). The molecule has 1 atom stereocenters. The molecule has 0 aromatic heterocycles. The number of halogens is 1. The molecule has 2 heteroatoms. The maximum Gasteiger partial charge on any atom is 0.0361 e. The van der Waals surface area contributed by atoms with Crippen molar-refractivity contribution in [2.24, 2.45) is 0 Å². The highest BCUT2D eigenvalue weighted by molar-refractivity contribution is 9.10. The van der Waals surface area contributed by atoms with Gasteiger partial charge < -0.3 is 5.32 Å². The number of likely N-dealkylation sites (N-methyl/N-ethyl adjacent to an activating group) is 1. The second kappa shape index (κ2) is 6.88. The summed E-state index contributed by atoms with van der Waals surface area (Å²) >= 11 is 3.55. The monoisotopic (exact) mass is 317 g/mol. The van der Waals surface area contributed by atoms with E-state index in [1.54, 1.807) is 0 Å². The molecule has 19 heavy (non-hydrogen) atoms. The van der Waals surface area contributed by atoms with Crippen LogP contribution in [0, 0.1) is 6.92 Å². The minimum absolute atomic E-state index is 0.365. The highest BCUT2D eigenvalue weighted by Crippen LogP contribution is 2.22. The first-order chi connectivity index (χ1) is 9.19. The number of hydrogen-bond donors (Lipinski definition) is 1. The first-order valence-corrected chi connectivity index (χ1v) is 7.52. The summed E-state index contributed by atoms with van der Waals surface area (Å²) in [5, 5.41) is 3.57. The van der Waals surface area contributed by atoms with Crippen molar-refractivity contribution in [3.63, 3.8) is 0 Å². The van der Waals surface area contributed by atoms with Gasteiger partial charge in [0.25, 0.3) is 0 Å². The van der Waals surface area contributed by atoms with Crippen LogP contribution in [0.1, 0.15) is 29.7 Å². The molecule has 2 aromatic carbocycles. The van der Waals surface area contributed by atoms with Gasteiger partial charge in [0, 0.05) is 10.5 Å². The van der Waals surface area contributed by atoms with Crippen molar-refractivity contribution in [1.29, 1.82) is 0 Å². The van der Waals surface area contributed by atoms with Crippen LogP contribution in [0.5, 0.6) is 0 Å². The van der Waals surface area contributed by atoms with Crippen molar-refractivity contribution in [2.45, 2.75) is 26.3 Å². The van der Waals surface area contributed by atoms with Crippen LogP contribution >= 0.6 is 15.9 Å². The predicted molar refractivity (Wildman–Crippen MR) is 85.4 cm³/mol. The third kappa shape index (κ3) is 4.19. The lowest BCUT2D eigenvalue weighted by Gasteiger charge is -2.19. The van der Waals surface area contributed by atoms with E-state index in [0.29, 0.717) is 6.04 Å². The average Bonchev–Trinajstić information content (AvgIpc) is 2.38. The molecule has 1 unspecified atom stereocenters. The Kier molecular flexibility index (Phi) is 5.17. The maximum atomic E-state index is 3.57. The second-order valence-corrected chi connectivity index (χ2v) is 5.77. The maximum absolute atomic E-state index is 3.57. The van der Waals surface area contributed by atoms with Crippen molar-refractivity contribution in [2.75, 3.05) is 6.54 Å². The third-order valence-electron chi connectivity index (χ3n) is 3.22. The van der Waals surface area contributed by atoms with E-state index in [0.717, 1.165) is 17.4 Å². The van der Waals surface area contributed by atoms with Gasteiger partial charge in [-0.15, -0.1) is 0 Å². The van der Waals surface area contributed by atoms with Crippen molar-refractivity contribution in [1.82, 2.24) is 5.32 Å². The van der Waals surface area contributed by atoms with Gasteiger partial charge in [0.1, 0.15) is 0 Å². The highest BCUT2D eigenvalue weighted by atomic mass is 79.9. The molecule has 0 aliphatic carbocycles. The molecular formula is C17H20BrN. The molecule has 0 saturated heterocycles. The minimum Gasteiger partial charge on any atom is -0.310 e. The summed E-state index contributed by atoms with van der Waals surface area (Å²) in [4.78, 5) is 0. The summed E-state index contributed by atoms with van der Waals surface area (Å²) in [5.74, 6) is 0. The fourth-order valence-electron chi connectivity index (χ4n) is 2.35. The number of nitrogens with one attached hydrogen (secondary N) is 1. The van der Waals surface area contributed by atoms with E-state index < -0.39 is 0 Å². The van der Waals surface area contributed by atoms with E-state index in [1.807, 2.05) is 0 Å². The molecule has 0 radical (unpaired) electrons. The second-order valence-electron chi connectivity index (χ2n) is 4.86. The lowest BCUT2D eigenvalue weighted by atomic mass is 9.98.